The summed E-state index contributed by atoms with van der Waals surface area (Å²) >= 11 is 0. The van der Waals surface area contributed by atoms with Crippen LogP contribution in [0.25, 0.3) is 0 Å². The molecule has 1 aromatic rings. The fraction of sp³-hybridized carbons (Fsp3) is 0.250. The van der Waals surface area contributed by atoms with Crippen LogP contribution in [0, 0.1) is 10.1 Å². The molecular formula is C12H13NO6. The Morgan fingerprint density at radius 3 is 2.68 bits per heavy atom. The quantitative estimate of drug-likeness (QED) is 0.481. The maximum Gasteiger partial charge on any atom is 0.331 e. The second-order valence-electron chi connectivity index (χ2n) is 3.60. The Kier molecular flexibility index (Phi) is 4.87. The van der Waals surface area contributed by atoms with Gasteiger partial charge in [0.25, 0.3) is 5.69 Å². The third-order valence-corrected chi connectivity index (χ3v) is 2.32. The highest BCUT2D eigenvalue weighted by atomic mass is 16.6. The molecule has 7 nitrogen and oxygen atoms in total. The van der Waals surface area contributed by atoms with Gasteiger partial charge in [0.15, 0.2) is 11.5 Å². The van der Waals surface area contributed by atoms with Gasteiger partial charge in [0, 0.05) is 11.6 Å². The van der Waals surface area contributed by atoms with Crippen molar-refractivity contribution in [3.05, 3.63) is 40.0 Å². The van der Waals surface area contributed by atoms with Gasteiger partial charge in [-0.15, -0.1) is 0 Å². The number of rotatable bonds is 6. The van der Waals surface area contributed by atoms with E-state index in [0.29, 0.717) is 5.75 Å². The van der Waals surface area contributed by atoms with E-state index in [9.17, 15) is 14.9 Å². The van der Waals surface area contributed by atoms with Crippen LogP contribution in [0.15, 0.2) is 29.8 Å². The molecule has 0 aromatic heterocycles. The molecule has 0 spiro atoms. The summed E-state index contributed by atoms with van der Waals surface area (Å²) in [6, 6.07) is 3.93. The van der Waals surface area contributed by atoms with E-state index in [4.69, 9.17) is 14.6 Å². The minimum Gasteiger partial charge on any atom is -0.493 e. The van der Waals surface area contributed by atoms with Crippen molar-refractivity contribution >= 4 is 11.7 Å². The minimum absolute atomic E-state index is 0.0340. The number of carboxylic acids is 1. The number of carbonyl (C=O) groups is 1. The number of non-ortho nitro benzene ring substituents is 1. The summed E-state index contributed by atoms with van der Waals surface area (Å²) in [6.45, 7) is 1.48. The van der Waals surface area contributed by atoms with Crippen LogP contribution in [-0.2, 0) is 4.79 Å². The molecule has 0 atom stereocenters. The van der Waals surface area contributed by atoms with Gasteiger partial charge in [-0.3, -0.25) is 10.1 Å². The molecule has 0 unspecified atom stereocenters. The highest BCUT2D eigenvalue weighted by Gasteiger charge is 2.12. The van der Waals surface area contributed by atoms with Gasteiger partial charge >= 0.3 is 5.97 Å². The molecule has 1 N–H and O–H groups in total. The predicted octanol–water partition coefficient (Wildman–Crippen LogP) is 2.01. The molecule has 0 bridgehead atoms. The van der Waals surface area contributed by atoms with Gasteiger partial charge in [0.05, 0.1) is 18.1 Å². The number of carboxylic acid groups (broad SMARTS) is 1. The molecule has 0 aliphatic rings. The number of hydrogen-bond acceptors (Lipinski definition) is 5. The highest BCUT2D eigenvalue weighted by Crippen LogP contribution is 2.31. The monoisotopic (exact) mass is 267 g/mol. The molecule has 0 amide bonds. The fourth-order valence-electron chi connectivity index (χ4n) is 1.23. The molecule has 1 aromatic carbocycles. The first-order valence-corrected chi connectivity index (χ1v) is 5.31. The van der Waals surface area contributed by atoms with Gasteiger partial charge in [-0.25, -0.2) is 4.79 Å². The summed E-state index contributed by atoms with van der Waals surface area (Å²) in [4.78, 5) is 20.6. The zero-order chi connectivity index (χ0) is 14.4. The van der Waals surface area contributed by atoms with Gasteiger partial charge in [0.1, 0.15) is 6.61 Å². The summed E-state index contributed by atoms with van der Waals surface area (Å²) in [5.41, 5.74) is 0.0438. The number of hydrogen-bond donors (Lipinski definition) is 1. The van der Waals surface area contributed by atoms with Crippen LogP contribution in [0.5, 0.6) is 11.5 Å². The van der Waals surface area contributed by atoms with Crippen LogP contribution >= 0.6 is 0 Å². The van der Waals surface area contributed by atoms with Gasteiger partial charge in [-0.05, 0) is 19.1 Å². The lowest BCUT2D eigenvalue weighted by molar-refractivity contribution is -0.384. The van der Waals surface area contributed by atoms with Gasteiger partial charge in [0.2, 0.25) is 0 Å². The zero-order valence-electron chi connectivity index (χ0n) is 10.5. The van der Waals surface area contributed by atoms with Crippen molar-refractivity contribution in [3.8, 4) is 11.5 Å². The summed E-state index contributed by atoms with van der Waals surface area (Å²) in [6.07, 6.45) is 1.39. The molecular weight excluding hydrogens is 254 g/mol. The smallest absolute Gasteiger partial charge is 0.331 e. The van der Waals surface area contributed by atoms with Gasteiger partial charge in [-0.2, -0.15) is 0 Å². The van der Waals surface area contributed by atoms with Gasteiger partial charge in [-0.1, -0.05) is 0 Å². The van der Waals surface area contributed by atoms with E-state index in [2.05, 4.69) is 0 Å². The summed E-state index contributed by atoms with van der Waals surface area (Å²) < 4.78 is 10.3. The molecule has 0 radical (unpaired) electrons. The van der Waals surface area contributed by atoms with E-state index in [1.54, 1.807) is 0 Å². The fourth-order valence-corrected chi connectivity index (χ4v) is 1.23. The summed E-state index contributed by atoms with van der Waals surface area (Å²) in [5.74, 6) is -0.502. The van der Waals surface area contributed by atoms with Crippen molar-refractivity contribution < 1.29 is 24.3 Å². The van der Waals surface area contributed by atoms with Crippen molar-refractivity contribution in [1.29, 1.82) is 0 Å². The Labute approximate surface area is 109 Å². The van der Waals surface area contributed by atoms with Crippen LogP contribution < -0.4 is 9.47 Å². The van der Waals surface area contributed by atoms with E-state index in [0.717, 1.165) is 0 Å². The van der Waals surface area contributed by atoms with Crippen LogP contribution in [0.1, 0.15) is 6.92 Å². The van der Waals surface area contributed by atoms with Crippen LogP contribution in [0.3, 0.4) is 0 Å². The zero-order valence-corrected chi connectivity index (χ0v) is 10.5. The second-order valence-corrected chi connectivity index (χ2v) is 3.60. The van der Waals surface area contributed by atoms with Crippen molar-refractivity contribution in [2.75, 3.05) is 13.7 Å². The van der Waals surface area contributed by atoms with E-state index in [1.807, 2.05) is 0 Å². The Hall–Kier alpha value is -2.57. The van der Waals surface area contributed by atoms with Crippen LogP contribution in [-0.4, -0.2) is 29.7 Å². The molecule has 0 aliphatic carbocycles. The number of ether oxygens (including phenoxy) is 2. The van der Waals surface area contributed by atoms with Crippen molar-refractivity contribution in [2.24, 2.45) is 0 Å². The Morgan fingerprint density at radius 2 is 2.16 bits per heavy atom. The molecule has 102 valence electrons. The number of benzene rings is 1. The Bertz CT molecular complexity index is 523. The standard InChI is InChI=1S/C12H13NO6/c1-8(12(14)15)5-6-19-10-4-3-9(13(16)17)7-11(10)18-2/h3-5,7H,6H2,1-2H3,(H,14,15). The first kappa shape index (κ1) is 14.5. The lowest BCUT2D eigenvalue weighted by Crippen LogP contribution is -2.02. The Balaban J connectivity index is 2.82. The lowest BCUT2D eigenvalue weighted by Gasteiger charge is -2.08. The topological polar surface area (TPSA) is 98.9 Å². The molecule has 1 rings (SSSR count). The molecule has 0 fully saturated rings. The lowest BCUT2D eigenvalue weighted by atomic mass is 10.2. The van der Waals surface area contributed by atoms with E-state index in [-0.39, 0.29) is 23.6 Å². The summed E-state index contributed by atoms with van der Waals surface area (Å²) in [5, 5.41) is 19.2. The molecule has 0 saturated carbocycles. The van der Waals surface area contributed by atoms with E-state index < -0.39 is 10.9 Å². The number of aliphatic carboxylic acids is 1. The SMILES string of the molecule is COc1cc([N+](=O)[O-])ccc1OCC=C(C)C(=O)O. The number of methoxy groups -OCH3 is 1. The summed E-state index contributed by atoms with van der Waals surface area (Å²) in [7, 11) is 1.37. The first-order valence-electron chi connectivity index (χ1n) is 5.31. The van der Waals surface area contributed by atoms with Crippen LogP contribution in [0.2, 0.25) is 0 Å². The second kappa shape index (κ2) is 6.39. The third kappa shape index (κ3) is 3.98. The number of nitro benzene ring substituents is 1. The van der Waals surface area contributed by atoms with Crippen LogP contribution in [0.4, 0.5) is 5.69 Å². The molecule has 7 heteroatoms. The third-order valence-electron chi connectivity index (χ3n) is 2.32. The molecule has 0 heterocycles. The van der Waals surface area contributed by atoms with Crippen molar-refractivity contribution in [1.82, 2.24) is 0 Å². The average molecular weight is 267 g/mol. The molecule has 0 aliphatic heterocycles. The first-order chi connectivity index (χ1) is 8.95. The normalized spacial score (nSPS) is 10.9. The maximum absolute atomic E-state index is 10.6. The highest BCUT2D eigenvalue weighted by molar-refractivity contribution is 5.85. The maximum atomic E-state index is 10.6. The number of nitro groups is 1. The predicted molar refractivity (Wildman–Crippen MR) is 66.5 cm³/mol. The Morgan fingerprint density at radius 1 is 1.47 bits per heavy atom. The largest absolute Gasteiger partial charge is 0.493 e. The van der Waals surface area contributed by atoms with E-state index in [1.165, 1.54) is 38.3 Å². The van der Waals surface area contributed by atoms with Crippen molar-refractivity contribution in [3.63, 3.8) is 0 Å². The van der Waals surface area contributed by atoms with E-state index >= 15 is 0 Å². The average Bonchev–Trinajstić information content (AvgIpc) is 2.38. The molecule has 19 heavy (non-hydrogen) atoms. The minimum atomic E-state index is -1.03. The van der Waals surface area contributed by atoms with Crippen molar-refractivity contribution in [2.45, 2.75) is 6.92 Å². The number of nitrogens with zero attached hydrogens (tertiary/aromatic N) is 1. The van der Waals surface area contributed by atoms with Gasteiger partial charge < -0.3 is 14.6 Å². The molecule has 0 saturated heterocycles.